The van der Waals surface area contributed by atoms with Gasteiger partial charge in [0.15, 0.2) is 0 Å². The lowest BCUT2D eigenvalue weighted by Crippen LogP contribution is -2.40. The largest absolute Gasteiger partial charge is 0.480 e. The molecular weight excluding hydrogens is 336 g/mol. The predicted octanol–water partition coefficient (Wildman–Crippen LogP) is 0.594. The summed E-state index contributed by atoms with van der Waals surface area (Å²) in [5.41, 5.74) is -0.312. The van der Waals surface area contributed by atoms with Gasteiger partial charge in [0, 0.05) is 17.6 Å². The van der Waals surface area contributed by atoms with Gasteiger partial charge in [0.25, 0.3) is 5.91 Å². The Hall–Kier alpha value is -1.97. The van der Waals surface area contributed by atoms with Gasteiger partial charge in [-0.15, -0.1) is 0 Å². The molecule has 24 heavy (non-hydrogen) atoms. The van der Waals surface area contributed by atoms with E-state index in [9.17, 15) is 18.0 Å². The average Bonchev–Trinajstić information content (AvgIpc) is 2.44. The van der Waals surface area contributed by atoms with Crippen LogP contribution in [0, 0.1) is 0 Å². The predicted molar refractivity (Wildman–Crippen MR) is 87.3 cm³/mol. The molecule has 0 spiro atoms. The van der Waals surface area contributed by atoms with Crippen molar-refractivity contribution in [3.05, 3.63) is 29.8 Å². The molecule has 1 aromatic rings. The van der Waals surface area contributed by atoms with E-state index >= 15 is 0 Å². The maximum atomic E-state index is 12.2. The van der Waals surface area contributed by atoms with E-state index in [0.29, 0.717) is 5.56 Å². The minimum atomic E-state index is -3.65. The third-order valence-corrected chi connectivity index (χ3v) is 4.40. The van der Waals surface area contributed by atoms with E-state index in [-0.39, 0.29) is 18.0 Å². The van der Waals surface area contributed by atoms with Crippen LogP contribution in [0.3, 0.4) is 0 Å². The third kappa shape index (κ3) is 7.07. The molecule has 0 saturated carbocycles. The number of carbonyl (C=O) groups is 2. The Labute approximate surface area is 141 Å². The highest BCUT2D eigenvalue weighted by molar-refractivity contribution is 7.89. The molecule has 0 bridgehead atoms. The Morgan fingerprint density at radius 3 is 2.25 bits per heavy atom. The Bertz CT molecular complexity index is 677. The minimum absolute atomic E-state index is 0.0683. The number of sulfonamides is 1. The molecule has 134 valence electrons. The average molecular weight is 358 g/mol. The first-order chi connectivity index (χ1) is 11.0. The summed E-state index contributed by atoms with van der Waals surface area (Å²) in [6.45, 7) is 5.00. The molecule has 1 amide bonds. The number of carboxylic acids is 1. The van der Waals surface area contributed by atoms with Crippen LogP contribution in [0.15, 0.2) is 29.2 Å². The third-order valence-electron chi connectivity index (χ3n) is 2.62. The zero-order valence-corrected chi connectivity index (χ0v) is 14.6. The van der Waals surface area contributed by atoms with Crippen LogP contribution < -0.4 is 10.0 Å². The second-order valence-corrected chi connectivity index (χ2v) is 7.76. The first-order valence-corrected chi connectivity index (χ1v) is 8.71. The number of carbonyl (C=O) groups excluding carboxylic acids is 1. The molecule has 0 aliphatic rings. The van der Waals surface area contributed by atoms with E-state index in [1.807, 2.05) is 0 Å². The summed E-state index contributed by atoms with van der Waals surface area (Å²) in [5.74, 6) is -1.48. The maximum Gasteiger partial charge on any atom is 0.329 e. The van der Waals surface area contributed by atoms with Crippen molar-refractivity contribution in [3.8, 4) is 0 Å². The van der Waals surface area contributed by atoms with Crippen molar-refractivity contribution >= 4 is 21.9 Å². The second kappa shape index (κ2) is 8.22. The van der Waals surface area contributed by atoms with Crippen LogP contribution in [-0.2, 0) is 19.6 Å². The van der Waals surface area contributed by atoms with Crippen LogP contribution in [0.5, 0.6) is 0 Å². The van der Waals surface area contributed by atoms with Crippen LogP contribution in [0.1, 0.15) is 31.1 Å². The number of ether oxygens (including phenoxy) is 1. The number of rotatable bonds is 8. The quantitative estimate of drug-likeness (QED) is 0.585. The molecule has 0 aromatic heterocycles. The number of hydrogen-bond donors (Lipinski definition) is 3. The summed E-state index contributed by atoms with van der Waals surface area (Å²) in [7, 11) is -3.65. The summed E-state index contributed by atoms with van der Waals surface area (Å²) in [6, 6.07) is 5.52. The highest BCUT2D eigenvalue weighted by Crippen LogP contribution is 2.13. The van der Waals surface area contributed by atoms with Crippen molar-refractivity contribution in [3.63, 3.8) is 0 Å². The topological polar surface area (TPSA) is 122 Å². The first kappa shape index (κ1) is 20.1. The fraction of sp³-hybridized carbons (Fsp3) is 0.467. The molecule has 9 heteroatoms. The highest BCUT2D eigenvalue weighted by atomic mass is 32.2. The van der Waals surface area contributed by atoms with Gasteiger partial charge in [-0.2, -0.15) is 0 Å². The summed E-state index contributed by atoms with van der Waals surface area (Å²) in [5, 5.41) is 10.9. The SMILES string of the molecule is CC(C)(C)NS(=O)(=O)c1ccc(C(=O)NCCOCC(=O)O)cc1. The summed E-state index contributed by atoms with van der Waals surface area (Å²) < 4.78 is 31.6. The molecule has 8 nitrogen and oxygen atoms in total. The van der Waals surface area contributed by atoms with Crippen molar-refractivity contribution < 1.29 is 27.9 Å². The van der Waals surface area contributed by atoms with Gasteiger partial charge >= 0.3 is 5.97 Å². The van der Waals surface area contributed by atoms with Gasteiger partial charge < -0.3 is 15.2 Å². The standard InChI is InChI=1S/C15H22N2O6S/c1-15(2,3)17-24(21,22)12-6-4-11(5-7-12)14(20)16-8-9-23-10-13(18)19/h4-7,17H,8-10H2,1-3H3,(H,16,20)(H,18,19). The van der Waals surface area contributed by atoms with E-state index in [2.05, 4.69) is 10.0 Å². The lowest BCUT2D eigenvalue weighted by Gasteiger charge is -2.20. The number of hydrogen-bond acceptors (Lipinski definition) is 5. The Kier molecular flexibility index (Phi) is 6.88. The van der Waals surface area contributed by atoms with Crippen LogP contribution in [0.4, 0.5) is 0 Å². The summed E-state index contributed by atoms with van der Waals surface area (Å²) >= 11 is 0. The van der Waals surface area contributed by atoms with E-state index in [0.717, 1.165) is 0 Å². The zero-order chi connectivity index (χ0) is 18.4. The van der Waals surface area contributed by atoms with Crippen molar-refractivity contribution in [1.29, 1.82) is 0 Å². The molecule has 3 N–H and O–H groups in total. The molecule has 0 unspecified atom stereocenters. The molecular formula is C15H22N2O6S. The van der Waals surface area contributed by atoms with Crippen LogP contribution in [-0.4, -0.2) is 50.7 Å². The summed E-state index contributed by atoms with van der Waals surface area (Å²) in [6.07, 6.45) is 0. The van der Waals surface area contributed by atoms with Gasteiger partial charge in [-0.25, -0.2) is 17.9 Å². The van der Waals surface area contributed by atoms with Gasteiger partial charge in [0.05, 0.1) is 11.5 Å². The normalized spacial score (nSPS) is 12.0. The Morgan fingerprint density at radius 2 is 1.75 bits per heavy atom. The molecule has 0 fully saturated rings. The fourth-order valence-electron chi connectivity index (χ4n) is 1.75. The lowest BCUT2D eigenvalue weighted by molar-refractivity contribution is -0.142. The van der Waals surface area contributed by atoms with Crippen molar-refractivity contribution in [2.75, 3.05) is 19.8 Å². The van der Waals surface area contributed by atoms with Crippen molar-refractivity contribution in [2.45, 2.75) is 31.2 Å². The van der Waals surface area contributed by atoms with E-state index in [1.54, 1.807) is 20.8 Å². The monoisotopic (exact) mass is 358 g/mol. The Morgan fingerprint density at radius 1 is 1.17 bits per heavy atom. The van der Waals surface area contributed by atoms with Crippen molar-refractivity contribution in [1.82, 2.24) is 10.0 Å². The van der Waals surface area contributed by atoms with Crippen LogP contribution in [0.25, 0.3) is 0 Å². The van der Waals surface area contributed by atoms with Gasteiger partial charge in [-0.05, 0) is 45.0 Å². The smallest absolute Gasteiger partial charge is 0.329 e. The van der Waals surface area contributed by atoms with E-state index in [4.69, 9.17) is 9.84 Å². The molecule has 1 aromatic carbocycles. The number of aliphatic carboxylic acids is 1. The highest BCUT2D eigenvalue weighted by Gasteiger charge is 2.22. The molecule has 0 radical (unpaired) electrons. The van der Waals surface area contributed by atoms with Gasteiger partial charge in [0.2, 0.25) is 10.0 Å². The minimum Gasteiger partial charge on any atom is -0.480 e. The first-order valence-electron chi connectivity index (χ1n) is 7.23. The number of nitrogens with one attached hydrogen (secondary N) is 2. The molecule has 0 aliphatic carbocycles. The van der Waals surface area contributed by atoms with Crippen LogP contribution >= 0.6 is 0 Å². The molecule has 1 rings (SSSR count). The summed E-state index contributed by atoms with van der Waals surface area (Å²) in [4.78, 5) is 22.2. The number of carboxylic acid groups (broad SMARTS) is 1. The fourth-order valence-corrected chi connectivity index (χ4v) is 3.16. The number of amides is 1. The molecule has 0 saturated heterocycles. The van der Waals surface area contributed by atoms with Gasteiger partial charge in [0.1, 0.15) is 6.61 Å². The molecule has 0 atom stereocenters. The maximum absolute atomic E-state index is 12.2. The van der Waals surface area contributed by atoms with Gasteiger partial charge in [-0.1, -0.05) is 0 Å². The van der Waals surface area contributed by atoms with Crippen molar-refractivity contribution in [2.24, 2.45) is 0 Å². The van der Waals surface area contributed by atoms with E-state index < -0.39 is 34.0 Å². The van der Waals surface area contributed by atoms with Gasteiger partial charge in [-0.3, -0.25) is 4.79 Å². The molecule has 0 heterocycles. The zero-order valence-electron chi connectivity index (χ0n) is 13.8. The lowest BCUT2D eigenvalue weighted by atomic mass is 10.1. The van der Waals surface area contributed by atoms with E-state index in [1.165, 1.54) is 24.3 Å². The Balaban J connectivity index is 2.61. The number of benzene rings is 1. The molecule has 0 aliphatic heterocycles. The second-order valence-electron chi connectivity index (χ2n) is 6.08. The van der Waals surface area contributed by atoms with Crippen LogP contribution in [0.2, 0.25) is 0 Å².